The Bertz CT molecular complexity index is 737. The van der Waals surface area contributed by atoms with E-state index in [1.807, 2.05) is 0 Å². The highest BCUT2D eigenvalue weighted by Crippen LogP contribution is 2.20. The summed E-state index contributed by atoms with van der Waals surface area (Å²) < 4.78 is 39.8. The SMILES string of the molecule is COC(=O)CCN(C)S(=O)(=O)c1cc(C(=O)OC)cc(C(=O)OC)c1. The van der Waals surface area contributed by atoms with Gasteiger partial charge < -0.3 is 14.2 Å². The lowest BCUT2D eigenvalue weighted by atomic mass is 10.1. The van der Waals surface area contributed by atoms with Crippen LogP contribution in [0, 0.1) is 0 Å². The molecule has 0 radical (unpaired) electrons. The molecule has 1 rings (SSSR count). The van der Waals surface area contributed by atoms with Crippen molar-refractivity contribution in [1.82, 2.24) is 4.31 Å². The summed E-state index contributed by atoms with van der Waals surface area (Å²) in [4.78, 5) is 34.3. The van der Waals surface area contributed by atoms with E-state index in [0.717, 1.165) is 30.7 Å². The third-order valence-corrected chi connectivity index (χ3v) is 5.15. The monoisotopic (exact) mass is 373 g/mol. The first-order valence-corrected chi connectivity index (χ1v) is 8.46. The Labute approximate surface area is 145 Å². The van der Waals surface area contributed by atoms with E-state index in [1.165, 1.54) is 20.2 Å². The molecule has 0 aromatic heterocycles. The van der Waals surface area contributed by atoms with Gasteiger partial charge in [0.2, 0.25) is 10.0 Å². The number of carbonyl (C=O) groups is 3. The third kappa shape index (κ3) is 5.00. The fraction of sp³-hybridized carbons (Fsp3) is 0.400. The Morgan fingerprint density at radius 2 is 1.40 bits per heavy atom. The van der Waals surface area contributed by atoms with Crippen molar-refractivity contribution in [3.63, 3.8) is 0 Å². The first-order chi connectivity index (χ1) is 11.7. The van der Waals surface area contributed by atoms with Crippen LogP contribution >= 0.6 is 0 Å². The lowest BCUT2D eigenvalue weighted by Gasteiger charge is -2.17. The Morgan fingerprint density at radius 1 is 0.920 bits per heavy atom. The molecule has 0 saturated heterocycles. The van der Waals surface area contributed by atoms with E-state index < -0.39 is 27.9 Å². The van der Waals surface area contributed by atoms with Gasteiger partial charge in [0.05, 0.1) is 43.8 Å². The van der Waals surface area contributed by atoms with Gasteiger partial charge in [-0.05, 0) is 18.2 Å². The number of hydrogen-bond acceptors (Lipinski definition) is 8. The number of methoxy groups -OCH3 is 3. The minimum absolute atomic E-state index is 0.120. The van der Waals surface area contributed by atoms with Crippen molar-refractivity contribution < 1.29 is 37.0 Å². The van der Waals surface area contributed by atoms with E-state index in [0.29, 0.717) is 0 Å². The number of hydrogen-bond donors (Lipinski definition) is 0. The smallest absolute Gasteiger partial charge is 0.337 e. The maximum absolute atomic E-state index is 12.6. The molecular formula is C15H19NO8S. The maximum Gasteiger partial charge on any atom is 0.337 e. The molecule has 0 fully saturated rings. The molecule has 0 unspecified atom stereocenters. The summed E-state index contributed by atoms with van der Waals surface area (Å²) >= 11 is 0. The summed E-state index contributed by atoms with van der Waals surface area (Å²) in [5.74, 6) is -2.18. The highest BCUT2D eigenvalue weighted by atomic mass is 32.2. The maximum atomic E-state index is 12.6. The van der Waals surface area contributed by atoms with E-state index in [4.69, 9.17) is 0 Å². The summed E-state index contributed by atoms with van der Waals surface area (Å²) in [7, 11) is 0.655. The van der Waals surface area contributed by atoms with Crippen molar-refractivity contribution in [2.45, 2.75) is 11.3 Å². The molecule has 0 aliphatic carbocycles. The van der Waals surface area contributed by atoms with Crippen LogP contribution in [0.25, 0.3) is 0 Å². The van der Waals surface area contributed by atoms with E-state index in [2.05, 4.69) is 14.2 Å². The number of carbonyl (C=O) groups excluding carboxylic acids is 3. The average Bonchev–Trinajstić information content (AvgIpc) is 2.63. The molecule has 0 bridgehead atoms. The summed E-state index contributed by atoms with van der Waals surface area (Å²) in [6.07, 6.45) is -0.146. The van der Waals surface area contributed by atoms with Crippen LogP contribution in [-0.4, -0.2) is 65.6 Å². The Balaban J connectivity index is 3.30. The zero-order chi connectivity index (χ0) is 19.2. The number of sulfonamides is 1. The van der Waals surface area contributed by atoms with Gasteiger partial charge in [0.25, 0.3) is 0 Å². The summed E-state index contributed by atoms with van der Waals surface area (Å²) in [6.45, 7) is -0.134. The molecular weight excluding hydrogens is 354 g/mol. The molecule has 1 aromatic rings. The molecule has 0 N–H and O–H groups in total. The molecule has 0 amide bonds. The zero-order valence-corrected chi connectivity index (χ0v) is 15.1. The van der Waals surface area contributed by atoms with Crippen LogP contribution in [-0.2, 0) is 29.0 Å². The lowest BCUT2D eigenvalue weighted by Crippen LogP contribution is -2.30. The van der Waals surface area contributed by atoms with Crippen LogP contribution in [0.1, 0.15) is 27.1 Å². The fourth-order valence-corrected chi connectivity index (χ4v) is 3.11. The van der Waals surface area contributed by atoms with Crippen molar-refractivity contribution in [2.24, 2.45) is 0 Å². The number of esters is 3. The highest BCUT2D eigenvalue weighted by Gasteiger charge is 2.25. The first kappa shape index (κ1) is 20.6. The molecule has 0 saturated carbocycles. The average molecular weight is 373 g/mol. The van der Waals surface area contributed by atoms with Crippen molar-refractivity contribution in [3.05, 3.63) is 29.3 Å². The minimum Gasteiger partial charge on any atom is -0.469 e. The van der Waals surface area contributed by atoms with Crippen LogP contribution in [0.15, 0.2) is 23.1 Å². The number of ether oxygens (including phenoxy) is 3. The van der Waals surface area contributed by atoms with Gasteiger partial charge in [-0.15, -0.1) is 0 Å². The zero-order valence-electron chi connectivity index (χ0n) is 14.3. The molecule has 0 aliphatic rings. The number of benzene rings is 1. The normalized spacial score (nSPS) is 11.1. The summed E-state index contributed by atoms with van der Waals surface area (Å²) in [5, 5.41) is 0. The molecule has 0 aliphatic heterocycles. The van der Waals surface area contributed by atoms with Crippen molar-refractivity contribution in [1.29, 1.82) is 0 Å². The van der Waals surface area contributed by atoms with Gasteiger partial charge in [-0.2, -0.15) is 0 Å². The van der Waals surface area contributed by atoms with Gasteiger partial charge in [0.1, 0.15) is 0 Å². The molecule has 0 heterocycles. The van der Waals surface area contributed by atoms with E-state index in [-0.39, 0.29) is 29.0 Å². The van der Waals surface area contributed by atoms with Crippen LogP contribution in [0.3, 0.4) is 0 Å². The van der Waals surface area contributed by atoms with Crippen molar-refractivity contribution in [2.75, 3.05) is 34.9 Å². The highest BCUT2D eigenvalue weighted by molar-refractivity contribution is 7.89. The molecule has 1 aromatic carbocycles. The number of nitrogens with zero attached hydrogens (tertiary/aromatic N) is 1. The van der Waals surface area contributed by atoms with Crippen LogP contribution in [0.2, 0.25) is 0 Å². The quantitative estimate of drug-likeness (QED) is 0.499. The van der Waals surface area contributed by atoms with Gasteiger partial charge >= 0.3 is 17.9 Å². The summed E-state index contributed by atoms with van der Waals surface area (Å²) in [5.41, 5.74) is -0.240. The Kier molecular flexibility index (Phi) is 7.07. The fourth-order valence-electron chi connectivity index (χ4n) is 1.87. The molecule has 10 heteroatoms. The second-order valence-corrected chi connectivity index (χ2v) is 6.93. The minimum atomic E-state index is -4.06. The molecule has 25 heavy (non-hydrogen) atoms. The topological polar surface area (TPSA) is 116 Å². The molecule has 138 valence electrons. The van der Waals surface area contributed by atoms with E-state index in [1.54, 1.807) is 0 Å². The largest absolute Gasteiger partial charge is 0.469 e. The van der Waals surface area contributed by atoms with Gasteiger partial charge in [0, 0.05) is 13.6 Å². The van der Waals surface area contributed by atoms with E-state index >= 15 is 0 Å². The molecule has 9 nitrogen and oxygen atoms in total. The van der Waals surface area contributed by atoms with E-state index in [9.17, 15) is 22.8 Å². The van der Waals surface area contributed by atoms with Gasteiger partial charge in [0.15, 0.2) is 0 Å². The predicted octanol–water partition coefficient (Wildman–Crippen LogP) is 0.443. The predicted molar refractivity (Wildman–Crippen MR) is 85.6 cm³/mol. The third-order valence-electron chi connectivity index (χ3n) is 3.32. The molecule has 0 atom stereocenters. The standard InChI is InChI=1S/C15H19NO8S/c1-16(6-5-13(17)22-2)25(20,21)12-8-10(14(18)23-3)7-11(9-12)15(19)24-4/h7-9H,5-6H2,1-4H3. The van der Waals surface area contributed by atoms with Crippen LogP contribution < -0.4 is 0 Å². The Hall–Kier alpha value is -2.46. The first-order valence-electron chi connectivity index (χ1n) is 7.02. The molecule has 0 spiro atoms. The van der Waals surface area contributed by atoms with Crippen molar-refractivity contribution >= 4 is 27.9 Å². The second kappa shape index (κ2) is 8.58. The van der Waals surface area contributed by atoms with Gasteiger partial charge in [-0.1, -0.05) is 0 Å². The Morgan fingerprint density at radius 3 is 1.80 bits per heavy atom. The number of rotatable bonds is 7. The van der Waals surface area contributed by atoms with Gasteiger partial charge in [-0.25, -0.2) is 22.3 Å². The van der Waals surface area contributed by atoms with Crippen LogP contribution in [0.5, 0.6) is 0 Å². The van der Waals surface area contributed by atoms with Crippen molar-refractivity contribution in [3.8, 4) is 0 Å². The van der Waals surface area contributed by atoms with Crippen LogP contribution in [0.4, 0.5) is 0 Å². The second-order valence-electron chi connectivity index (χ2n) is 4.88. The lowest BCUT2D eigenvalue weighted by molar-refractivity contribution is -0.140. The van der Waals surface area contributed by atoms with Gasteiger partial charge in [-0.3, -0.25) is 4.79 Å². The summed E-state index contributed by atoms with van der Waals surface area (Å²) in [6, 6.07) is 3.34.